The van der Waals surface area contributed by atoms with Gasteiger partial charge in [0.05, 0.1) is 6.61 Å². The van der Waals surface area contributed by atoms with Crippen molar-refractivity contribution in [2.45, 2.75) is 206 Å². The van der Waals surface area contributed by atoms with E-state index in [1.807, 2.05) is 0 Å². The molecule has 0 aliphatic heterocycles. The molecule has 0 aromatic rings. The SMILES string of the molecule is CC/C=C\C/C=C\C/C=C\CCCCCCCC(=O)O[C@H](COC(=O)CCCCCCCCCCCCCCCCCCC)COP(=O)([O-])OC[C@H]([NH3+])C(=O)[O-]. The van der Waals surface area contributed by atoms with E-state index >= 15 is 0 Å². The summed E-state index contributed by atoms with van der Waals surface area (Å²) in [4.78, 5) is 48.1. The smallest absolute Gasteiger partial charge is 0.306 e. The predicted octanol–water partition coefficient (Wildman–Crippen LogP) is 8.93. The minimum Gasteiger partial charge on any atom is -0.756 e. The fraction of sp³-hybridized carbons (Fsp3) is 0.795. The Morgan fingerprint density at radius 3 is 1.50 bits per heavy atom. The molecule has 0 aliphatic carbocycles. The fourth-order valence-electron chi connectivity index (χ4n) is 5.96. The van der Waals surface area contributed by atoms with E-state index in [0.29, 0.717) is 12.8 Å². The minimum atomic E-state index is -4.96. The van der Waals surface area contributed by atoms with Crippen LogP contribution in [0.2, 0.25) is 0 Å². The Balaban J connectivity index is 4.35. The fourth-order valence-corrected chi connectivity index (χ4v) is 6.75. The number of phosphoric acid groups is 1. The van der Waals surface area contributed by atoms with Gasteiger partial charge in [0.15, 0.2) is 6.10 Å². The number of quaternary nitrogens is 1. The van der Waals surface area contributed by atoms with Crippen LogP contribution in [0.5, 0.6) is 0 Å². The summed E-state index contributed by atoms with van der Waals surface area (Å²) in [6.07, 6.45) is 41.9. The van der Waals surface area contributed by atoms with Gasteiger partial charge in [-0.1, -0.05) is 172 Å². The molecule has 56 heavy (non-hydrogen) atoms. The first kappa shape index (κ1) is 53.7. The number of carboxylic acid groups (broad SMARTS) is 1. The van der Waals surface area contributed by atoms with Crippen molar-refractivity contribution in [3.8, 4) is 0 Å². The van der Waals surface area contributed by atoms with E-state index in [2.05, 4.69) is 60.6 Å². The third-order valence-corrected chi connectivity index (χ3v) is 10.4. The van der Waals surface area contributed by atoms with E-state index in [1.54, 1.807) is 0 Å². The zero-order valence-corrected chi connectivity index (χ0v) is 36.2. The van der Waals surface area contributed by atoms with Gasteiger partial charge in [-0.15, -0.1) is 0 Å². The summed E-state index contributed by atoms with van der Waals surface area (Å²) in [6, 6.07) is -1.42. The quantitative estimate of drug-likeness (QED) is 0.0271. The van der Waals surface area contributed by atoms with Gasteiger partial charge in [0.2, 0.25) is 0 Å². The van der Waals surface area contributed by atoms with Gasteiger partial charge in [-0.3, -0.25) is 14.2 Å². The van der Waals surface area contributed by atoms with Gasteiger partial charge >= 0.3 is 11.9 Å². The molecule has 0 heterocycles. The van der Waals surface area contributed by atoms with E-state index < -0.39 is 51.1 Å². The van der Waals surface area contributed by atoms with Crippen molar-refractivity contribution in [2.24, 2.45) is 0 Å². The van der Waals surface area contributed by atoms with Crippen LogP contribution in [0, 0.1) is 0 Å². The number of unbranched alkanes of at least 4 members (excludes halogenated alkanes) is 21. The normalized spacial score (nSPS) is 14.1. The number of rotatable bonds is 41. The first-order valence-electron chi connectivity index (χ1n) is 22.0. The lowest BCUT2D eigenvalue weighted by Crippen LogP contribution is -2.70. The van der Waals surface area contributed by atoms with Crippen molar-refractivity contribution < 1.29 is 53.2 Å². The molecule has 0 aliphatic rings. The van der Waals surface area contributed by atoms with E-state index in [0.717, 1.165) is 70.6 Å². The summed E-state index contributed by atoms with van der Waals surface area (Å²) in [5, 5.41) is 10.8. The molecular formula is C44H79NO10P-. The zero-order chi connectivity index (χ0) is 41.4. The molecule has 0 amide bonds. The number of allylic oxidation sites excluding steroid dienone is 6. The Labute approximate surface area is 340 Å². The van der Waals surface area contributed by atoms with Crippen LogP contribution in [-0.2, 0) is 37.5 Å². The van der Waals surface area contributed by atoms with Crippen molar-refractivity contribution in [1.82, 2.24) is 0 Å². The van der Waals surface area contributed by atoms with Gasteiger partial charge in [0.1, 0.15) is 25.2 Å². The second-order valence-corrected chi connectivity index (χ2v) is 16.3. The van der Waals surface area contributed by atoms with Crippen LogP contribution in [0.25, 0.3) is 0 Å². The predicted molar refractivity (Wildman–Crippen MR) is 220 cm³/mol. The Morgan fingerprint density at radius 1 is 0.571 bits per heavy atom. The van der Waals surface area contributed by atoms with Crippen molar-refractivity contribution in [1.29, 1.82) is 0 Å². The summed E-state index contributed by atoms with van der Waals surface area (Å²) >= 11 is 0. The van der Waals surface area contributed by atoms with E-state index in [4.69, 9.17) is 14.0 Å². The van der Waals surface area contributed by atoms with E-state index in [9.17, 15) is 28.9 Å². The number of carbonyl (C=O) groups is 3. The zero-order valence-electron chi connectivity index (χ0n) is 35.3. The average Bonchev–Trinajstić information content (AvgIpc) is 3.17. The number of aliphatic carboxylic acids is 1. The molecule has 326 valence electrons. The second-order valence-electron chi connectivity index (χ2n) is 14.9. The number of esters is 2. The third-order valence-electron chi connectivity index (χ3n) is 9.43. The van der Waals surface area contributed by atoms with Gasteiger partial charge in [-0.2, -0.15) is 0 Å². The lowest BCUT2D eigenvalue weighted by molar-refractivity contribution is -0.441. The Bertz CT molecular complexity index is 1100. The van der Waals surface area contributed by atoms with Crippen molar-refractivity contribution in [3.63, 3.8) is 0 Å². The molecule has 1 unspecified atom stereocenters. The molecule has 0 fully saturated rings. The van der Waals surface area contributed by atoms with E-state index in [-0.39, 0.29) is 19.4 Å². The monoisotopic (exact) mass is 813 g/mol. The van der Waals surface area contributed by atoms with Crippen LogP contribution >= 0.6 is 7.82 Å². The molecule has 0 spiro atoms. The second kappa shape index (κ2) is 39.5. The molecule has 0 rings (SSSR count). The number of hydrogen-bond acceptors (Lipinski definition) is 10. The first-order chi connectivity index (χ1) is 27.1. The van der Waals surface area contributed by atoms with Crippen molar-refractivity contribution in [2.75, 3.05) is 19.8 Å². The highest BCUT2D eigenvalue weighted by Crippen LogP contribution is 2.38. The summed E-state index contributed by atoms with van der Waals surface area (Å²) in [7, 11) is -4.96. The molecule has 0 saturated heterocycles. The molecule has 0 bridgehead atoms. The lowest BCUT2D eigenvalue weighted by Gasteiger charge is -2.26. The van der Waals surface area contributed by atoms with Crippen LogP contribution < -0.4 is 15.7 Å². The Kier molecular flexibility index (Phi) is 37.9. The van der Waals surface area contributed by atoms with Gasteiger partial charge in [0.25, 0.3) is 7.82 Å². The summed E-state index contributed by atoms with van der Waals surface area (Å²) < 4.78 is 32.3. The maximum absolute atomic E-state index is 12.6. The Hall–Kier alpha value is -2.30. The maximum atomic E-state index is 12.6. The number of carboxylic acids is 1. The van der Waals surface area contributed by atoms with Gasteiger partial charge < -0.3 is 39.0 Å². The summed E-state index contributed by atoms with van der Waals surface area (Å²) in [5.41, 5.74) is 3.24. The standard InChI is InChI=1S/C44H80NO10P/c1-3-5-7-9-11-13-15-17-19-20-22-23-25-27-29-31-33-35-42(46)52-37-40(38-53-56(50,51)54-39-41(45)44(48)49)55-43(47)36-34-32-30-28-26-24-21-18-16-14-12-10-8-6-4-2/h6,8,12,14,18,21,40-41H,3-5,7,9-11,13,15-17,19-20,22-39,45H2,1-2H3,(H,48,49)(H,50,51)/p-1/b8-6-,14-12-,21-18-/t40-,41+/m1/s1. The first-order valence-corrected chi connectivity index (χ1v) is 23.5. The number of phosphoric ester groups is 1. The molecule has 0 aromatic carbocycles. The number of hydrogen-bond donors (Lipinski definition) is 1. The minimum absolute atomic E-state index is 0.129. The van der Waals surface area contributed by atoms with Crippen LogP contribution in [0.3, 0.4) is 0 Å². The summed E-state index contributed by atoms with van der Waals surface area (Å²) in [6.45, 7) is 2.59. The highest BCUT2D eigenvalue weighted by atomic mass is 31.2. The average molecular weight is 813 g/mol. The van der Waals surface area contributed by atoms with Gasteiger partial charge in [-0.05, 0) is 44.9 Å². The maximum Gasteiger partial charge on any atom is 0.306 e. The number of carbonyl (C=O) groups excluding carboxylic acids is 3. The lowest BCUT2D eigenvalue weighted by atomic mass is 10.0. The van der Waals surface area contributed by atoms with Crippen LogP contribution in [0.4, 0.5) is 0 Å². The van der Waals surface area contributed by atoms with Crippen LogP contribution in [0.1, 0.15) is 194 Å². The molecule has 12 heteroatoms. The van der Waals surface area contributed by atoms with Crippen LogP contribution in [0.15, 0.2) is 36.5 Å². The molecule has 0 saturated carbocycles. The van der Waals surface area contributed by atoms with E-state index in [1.165, 1.54) is 83.5 Å². The number of ether oxygens (including phenoxy) is 2. The molecular weight excluding hydrogens is 733 g/mol. The summed E-state index contributed by atoms with van der Waals surface area (Å²) in [5.74, 6) is -2.59. The molecule has 11 nitrogen and oxygen atoms in total. The van der Waals surface area contributed by atoms with Crippen LogP contribution in [-0.4, -0.2) is 49.9 Å². The third kappa shape index (κ3) is 38.6. The topological polar surface area (TPSA) is 179 Å². The Morgan fingerprint density at radius 2 is 1.00 bits per heavy atom. The van der Waals surface area contributed by atoms with Gasteiger partial charge in [0, 0.05) is 12.8 Å². The van der Waals surface area contributed by atoms with Crippen molar-refractivity contribution >= 4 is 25.7 Å². The molecule has 0 radical (unpaired) electrons. The molecule has 3 atom stereocenters. The largest absolute Gasteiger partial charge is 0.756 e. The molecule has 0 aromatic heterocycles. The highest BCUT2D eigenvalue weighted by Gasteiger charge is 2.22. The van der Waals surface area contributed by atoms with Crippen molar-refractivity contribution in [3.05, 3.63) is 36.5 Å². The molecule has 3 N–H and O–H groups in total. The van der Waals surface area contributed by atoms with Gasteiger partial charge in [-0.25, -0.2) is 0 Å². The highest BCUT2D eigenvalue weighted by molar-refractivity contribution is 7.45.